The highest BCUT2D eigenvalue weighted by molar-refractivity contribution is 5.93. The van der Waals surface area contributed by atoms with Crippen molar-refractivity contribution in [3.63, 3.8) is 0 Å². The average Bonchev–Trinajstić information content (AvgIpc) is 2.29. The van der Waals surface area contributed by atoms with Gasteiger partial charge in [0.2, 0.25) is 0 Å². The molecule has 0 radical (unpaired) electrons. The van der Waals surface area contributed by atoms with E-state index < -0.39 is 0 Å². The molecular formula is C12H10N2O. The molecule has 0 bridgehead atoms. The minimum atomic E-state index is 0.448. The first kappa shape index (κ1) is 9.47. The van der Waals surface area contributed by atoms with E-state index in [0.717, 1.165) is 22.1 Å². The van der Waals surface area contributed by atoms with Crippen LogP contribution in [0.2, 0.25) is 0 Å². The topological polar surface area (TPSA) is 45.9 Å². The van der Waals surface area contributed by atoms with Gasteiger partial charge in [0.1, 0.15) is 17.5 Å². The third-order valence-electron chi connectivity index (χ3n) is 2.42. The van der Waals surface area contributed by atoms with Crippen LogP contribution in [-0.4, -0.2) is 12.1 Å². The van der Waals surface area contributed by atoms with Gasteiger partial charge in [-0.15, -0.1) is 0 Å². The lowest BCUT2D eigenvalue weighted by atomic mass is 10.0. The molecule has 3 nitrogen and oxygen atoms in total. The maximum Gasteiger partial charge on any atom is 0.148 e. The first-order chi connectivity index (χ1) is 7.27. The van der Waals surface area contributed by atoms with Gasteiger partial charge in [0.15, 0.2) is 0 Å². The molecule has 0 fully saturated rings. The van der Waals surface area contributed by atoms with Crippen molar-refractivity contribution in [1.29, 1.82) is 5.26 Å². The van der Waals surface area contributed by atoms with Crippen molar-refractivity contribution < 1.29 is 4.74 Å². The Kier molecular flexibility index (Phi) is 2.26. The molecule has 74 valence electrons. The summed E-state index contributed by atoms with van der Waals surface area (Å²) in [6, 6.07) is 7.79. The Hall–Kier alpha value is -2.08. The lowest BCUT2D eigenvalue weighted by molar-refractivity contribution is 0.419. The summed E-state index contributed by atoms with van der Waals surface area (Å²) < 4.78 is 5.24. The number of methoxy groups -OCH3 is 1. The maximum absolute atomic E-state index is 8.97. The fraction of sp³-hybridized carbons (Fsp3) is 0.167. The van der Waals surface area contributed by atoms with Crippen LogP contribution in [0.25, 0.3) is 10.8 Å². The van der Waals surface area contributed by atoms with E-state index in [0.29, 0.717) is 5.69 Å². The molecule has 0 saturated heterocycles. The molecule has 1 aromatic carbocycles. The maximum atomic E-state index is 8.97. The van der Waals surface area contributed by atoms with Crippen LogP contribution in [-0.2, 0) is 0 Å². The highest BCUT2D eigenvalue weighted by Crippen LogP contribution is 2.29. The molecule has 0 spiro atoms. The smallest absolute Gasteiger partial charge is 0.148 e. The Bertz CT molecular complexity index is 555. The number of pyridine rings is 1. The van der Waals surface area contributed by atoms with Crippen molar-refractivity contribution in [2.75, 3.05) is 7.11 Å². The number of rotatable bonds is 1. The minimum Gasteiger partial charge on any atom is -0.496 e. The van der Waals surface area contributed by atoms with Gasteiger partial charge < -0.3 is 4.74 Å². The number of aryl methyl sites for hydroxylation is 1. The summed E-state index contributed by atoms with van der Waals surface area (Å²) >= 11 is 0. The summed E-state index contributed by atoms with van der Waals surface area (Å²) in [5.41, 5.74) is 1.49. The molecule has 0 unspecified atom stereocenters. The van der Waals surface area contributed by atoms with Gasteiger partial charge in [0.05, 0.1) is 7.11 Å². The molecular weight excluding hydrogens is 188 g/mol. The zero-order chi connectivity index (χ0) is 10.8. The molecule has 0 atom stereocenters. The van der Waals surface area contributed by atoms with Crippen LogP contribution in [0.15, 0.2) is 24.4 Å². The third kappa shape index (κ3) is 1.40. The Morgan fingerprint density at radius 3 is 2.80 bits per heavy atom. The van der Waals surface area contributed by atoms with Gasteiger partial charge in [0, 0.05) is 17.0 Å². The van der Waals surface area contributed by atoms with Gasteiger partial charge in [-0.05, 0) is 24.6 Å². The van der Waals surface area contributed by atoms with Crippen LogP contribution in [0.1, 0.15) is 11.3 Å². The number of nitriles is 1. The predicted molar refractivity (Wildman–Crippen MR) is 57.7 cm³/mol. The lowest BCUT2D eigenvalue weighted by Crippen LogP contribution is -1.91. The monoisotopic (exact) mass is 198 g/mol. The van der Waals surface area contributed by atoms with Gasteiger partial charge in [-0.2, -0.15) is 5.26 Å². The van der Waals surface area contributed by atoms with Gasteiger partial charge >= 0.3 is 0 Å². The molecule has 3 heteroatoms. The van der Waals surface area contributed by atoms with E-state index in [1.165, 1.54) is 0 Å². The quantitative estimate of drug-likeness (QED) is 0.706. The first-order valence-corrected chi connectivity index (χ1v) is 4.60. The van der Waals surface area contributed by atoms with E-state index in [1.54, 1.807) is 13.3 Å². The van der Waals surface area contributed by atoms with Crippen molar-refractivity contribution >= 4 is 10.8 Å². The van der Waals surface area contributed by atoms with Crippen LogP contribution >= 0.6 is 0 Å². The summed E-state index contributed by atoms with van der Waals surface area (Å²) in [5, 5.41) is 10.8. The van der Waals surface area contributed by atoms with Crippen LogP contribution < -0.4 is 4.74 Å². The van der Waals surface area contributed by atoms with E-state index >= 15 is 0 Å². The largest absolute Gasteiger partial charge is 0.496 e. The Balaban J connectivity index is 2.94. The molecule has 15 heavy (non-hydrogen) atoms. The average molecular weight is 198 g/mol. The van der Waals surface area contributed by atoms with E-state index in [1.807, 2.05) is 25.1 Å². The second-order valence-electron chi connectivity index (χ2n) is 3.28. The normalized spacial score (nSPS) is 9.93. The zero-order valence-corrected chi connectivity index (χ0v) is 8.61. The standard InChI is InChI=1S/C12H10N2O/c1-8-3-4-11(15-2)9-5-6-14-10(7-13)12(8)9/h3-6H,1-2H3. The molecule has 0 aliphatic carbocycles. The SMILES string of the molecule is COc1ccc(C)c2c(C#N)nccc12. The zero-order valence-electron chi connectivity index (χ0n) is 8.61. The van der Waals surface area contributed by atoms with Crippen molar-refractivity contribution in [1.82, 2.24) is 4.98 Å². The van der Waals surface area contributed by atoms with Gasteiger partial charge in [0.25, 0.3) is 0 Å². The van der Waals surface area contributed by atoms with Crippen molar-refractivity contribution in [3.8, 4) is 11.8 Å². The fourth-order valence-corrected chi connectivity index (χ4v) is 1.70. The van der Waals surface area contributed by atoms with Crippen LogP contribution in [0.5, 0.6) is 5.75 Å². The Morgan fingerprint density at radius 1 is 1.33 bits per heavy atom. The number of hydrogen-bond acceptors (Lipinski definition) is 3. The van der Waals surface area contributed by atoms with Gasteiger partial charge in [-0.25, -0.2) is 4.98 Å². The molecule has 0 amide bonds. The van der Waals surface area contributed by atoms with Crippen molar-refractivity contribution in [2.24, 2.45) is 0 Å². The second kappa shape index (κ2) is 3.58. The second-order valence-corrected chi connectivity index (χ2v) is 3.28. The Labute approximate surface area is 87.9 Å². The van der Waals surface area contributed by atoms with E-state index in [2.05, 4.69) is 11.1 Å². The van der Waals surface area contributed by atoms with Crippen LogP contribution in [0, 0.1) is 18.3 Å². The van der Waals surface area contributed by atoms with Crippen LogP contribution in [0.3, 0.4) is 0 Å². The number of fused-ring (bicyclic) bond motifs is 1. The summed E-state index contributed by atoms with van der Waals surface area (Å²) in [7, 11) is 1.62. The predicted octanol–water partition coefficient (Wildman–Crippen LogP) is 2.42. The fourth-order valence-electron chi connectivity index (χ4n) is 1.70. The van der Waals surface area contributed by atoms with E-state index in [4.69, 9.17) is 10.00 Å². The third-order valence-corrected chi connectivity index (χ3v) is 2.42. The number of ether oxygens (including phenoxy) is 1. The van der Waals surface area contributed by atoms with Crippen molar-refractivity contribution in [2.45, 2.75) is 6.92 Å². The number of aromatic nitrogens is 1. The molecule has 0 aliphatic rings. The summed E-state index contributed by atoms with van der Waals surface area (Å²) in [6.45, 7) is 1.96. The molecule has 0 aliphatic heterocycles. The number of hydrogen-bond donors (Lipinski definition) is 0. The van der Waals surface area contributed by atoms with Gasteiger partial charge in [-0.3, -0.25) is 0 Å². The molecule has 0 N–H and O–H groups in total. The molecule has 1 heterocycles. The molecule has 1 aromatic heterocycles. The molecule has 2 rings (SSSR count). The van der Waals surface area contributed by atoms with E-state index in [9.17, 15) is 0 Å². The van der Waals surface area contributed by atoms with E-state index in [-0.39, 0.29) is 0 Å². The lowest BCUT2D eigenvalue weighted by Gasteiger charge is -2.07. The number of nitrogens with zero attached hydrogens (tertiary/aromatic N) is 2. The summed E-state index contributed by atoms with van der Waals surface area (Å²) in [6.07, 6.45) is 1.63. The molecule has 0 saturated carbocycles. The first-order valence-electron chi connectivity index (χ1n) is 4.60. The van der Waals surface area contributed by atoms with Crippen molar-refractivity contribution in [3.05, 3.63) is 35.7 Å². The summed E-state index contributed by atoms with van der Waals surface area (Å²) in [5.74, 6) is 0.773. The van der Waals surface area contributed by atoms with Gasteiger partial charge in [-0.1, -0.05) is 6.07 Å². The highest BCUT2D eigenvalue weighted by Gasteiger charge is 2.08. The highest BCUT2D eigenvalue weighted by atomic mass is 16.5. The summed E-state index contributed by atoms with van der Waals surface area (Å²) in [4.78, 5) is 4.04. The molecule has 2 aromatic rings. The minimum absolute atomic E-state index is 0.448. The van der Waals surface area contributed by atoms with Crippen LogP contribution in [0.4, 0.5) is 0 Å². The number of benzene rings is 1. The Morgan fingerprint density at radius 2 is 2.13 bits per heavy atom.